The summed E-state index contributed by atoms with van der Waals surface area (Å²) in [6.07, 6.45) is 7.17. The van der Waals surface area contributed by atoms with Crippen LogP contribution in [-0.4, -0.2) is 54.5 Å². The van der Waals surface area contributed by atoms with Crippen LogP contribution in [0.2, 0.25) is 0 Å². The Labute approximate surface area is 235 Å². The molecule has 208 valence electrons. The van der Waals surface area contributed by atoms with E-state index in [0.29, 0.717) is 13.2 Å². The lowest BCUT2D eigenvalue weighted by Gasteiger charge is -2.35. The molecular weight excluding hydrogens is 508 g/mol. The van der Waals surface area contributed by atoms with Crippen molar-refractivity contribution in [1.29, 1.82) is 0 Å². The highest BCUT2D eigenvalue weighted by Gasteiger charge is 2.40. The molecular formula is C31H40N4O3S. The van der Waals surface area contributed by atoms with Crippen LogP contribution in [0.15, 0.2) is 42.5 Å². The molecule has 7 nitrogen and oxygen atoms in total. The highest BCUT2D eigenvalue weighted by atomic mass is 32.1. The van der Waals surface area contributed by atoms with Gasteiger partial charge in [0.25, 0.3) is 0 Å². The van der Waals surface area contributed by atoms with Crippen LogP contribution < -0.4 is 10.6 Å². The fraction of sp³-hybridized carbons (Fsp3) is 0.516. The van der Waals surface area contributed by atoms with E-state index in [2.05, 4.69) is 53.1 Å². The van der Waals surface area contributed by atoms with E-state index in [-0.39, 0.29) is 29.8 Å². The van der Waals surface area contributed by atoms with Gasteiger partial charge in [0.1, 0.15) is 11.0 Å². The first-order valence-electron chi connectivity index (χ1n) is 14.3. The summed E-state index contributed by atoms with van der Waals surface area (Å²) in [4.78, 5) is 35.3. The Bertz CT molecular complexity index is 1300. The van der Waals surface area contributed by atoms with Gasteiger partial charge < -0.3 is 20.3 Å². The zero-order chi connectivity index (χ0) is 27.4. The second-order valence-corrected chi connectivity index (χ2v) is 12.0. The molecule has 3 atom stereocenters. The molecule has 5 rings (SSSR count). The SMILES string of the molecule is CN[C@@H](C)C(=O)N[C@H](C(=O)N1CCC[C@H]1c1nc(-c2cccc3ccccc23)c(COC)s1)C1CCCCC1. The van der Waals surface area contributed by atoms with Crippen molar-refractivity contribution >= 4 is 33.9 Å². The summed E-state index contributed by atoms with van der Waals surface area (Å²) >= 11 is 1.65. The molecule has 0 bridgehead atoms. The fourth-order valence-electron chi connectivity index (χ4n) is 6.11. The predicted octanol–water partition coefficient (Wildman–Crippen LogP) is 5.45. The van der Waals surface area contributed by atoms with Gasteiger partial charge in [-0.15, -0.1) is 11.3 Å². The topological polar surface area (TPSA) is 83.6 Å². The molecule has 2 aromatic carbocycles. The minimum Gasteiger partial charge on any atom is -0.379 e. The third-order valence-electron chi connectivity index (χ3n) is 8.37. The Morgan fingerprint density at radius 1 is 1.08 bits per heavy atom. The lowest BCUT2D eigenvalue weighted by molar-refractivity contribution is -0.139. The van der Waals surface area contributed by atoms with Crippen LogP contribution in [0.5, 0.6) is 0 Å². The number of carbonyl (C=O) groups excluding carboxylic acids is 2. The number of likely N-dealkylation sites (N-methyl/N-ethyl adjacent to an activating group) is 1. The molecule has 2 N–H and O–H groups in total. The number of methoxy groups -OCH3 is 1. The molecule has 8 heteroatoms. The van der Waals surface area contributed by atoms with Gasteiger partial charge in [-0.25, -0.2) is 4.98 Å². The Hall–Kier alpha value is -2.81. The molecule has 39 heavy (non-hydrogen) atoms. The summed E-state index contributed by atoms with van der Waals surface area (Å²) in [6, 6.07) is 13.7. The molecule has 2 fully saturated rings. The van der Waals surface area contributed by atoms with Crippen LogP contribution in [0.3, 0.4) is 0 Å². The number of carbonyl (C=O) groups is 2. The van der Waals surface area contributed by atoms with Crippen molar-refractivity contribution in [3.8, 4) is 11.3 Å². The maximum Gasteiger partial charge on any atom is 0.246 e. The minimum absolute atomic E-state index is 0.0382. The van der Waals surface area contributed by atoms with E-state index in [9.17, 15) is 9.59 Å². The number of aromatic nitrogens is 1. The number of amides is 2. The number of nitrogens with one attached hydrogen (secondary N) is 2. The van der Waals surface area contributed by atoms with Gasteiger partial charge in [-0.2, -0.15) is 0 Å². The third-order valence-corrected chi connectivity index (χ3v) is 9.50. The molecule has 1 aliphatic carbocycles. The zero-order valence-electron chi connectivity index (χ0n) is 23.2. The Balaban J connectivity index is 1.47. The number of benzene rings is 2. The summed E-state index contributed by atoms with van der Waals surface area (Å²) in [5.41, 5.74) is 2.03. The summed E-state index contributed by atoms with van der Waals surface area (Å²) in [6.45, 7) is 2.99. The highest BCUT2D eigenvalue weighted by Crippen LogP contribution is 2.41. The maximum atomic E-state index is 14.2. The molecule has 1 aliphatic heterocycles. The summed E-state index contributed by atoms with van der Waals surface area (Å²) < 4.78 is 5.58. The van der Waals surface area contributed by atoms with Crippen molar-refractivity contribution in [3.05, 3.63) is 52.3 Å². The van der Waals surface area contributed by atoms with Crippen LogP contribution in [0.4, 0.5) is 0 Å². The first-order valence-corrected chi connectivity index (χ1v) is 15.1. The maximum absolute atomic E-state index is 14.2. The van der Waals surface area contributed by atoms with E-state index in [1.807, 2.05) is 11.8 Å². The molecule has 1 saturated carbocycles. The smallest absolute Gasteiger partial charge is 0.246 e. The number of thiazole rings is 1. The normalized spacial score (nSPS) is 19.8. The van der Waals surface area contributed by atoms with Gasteiger partial charge in [0.05, 0.1) is 29.3 Å². The monoisotopic (exact) mass is 548 g/mol. The van der Waals surface area contributed by atoms with Crippen LogP contribution >= 0.6 is 11.3 Å². The molecule has 3 aromatic rings. The van der Waals surface area contributed by atoms with Crippen molar-refractivity contribution < 1.29 is 14.3 Å². The van der Waals surface area contributed by atoms with Gasteiger partial charge in [-0.05, 0) is 56.3 Å². The third kappa shape index (κ3) is 5.88. The average Bonchev–Trinajstić information content (AvgIpc) is 3.63. The Kier molecular flexibility index (Phi) is 8.95. The van der Waals surface area contributed by atoms with Crippen LogP contribution in [0, 0.1) is 5.92 Å². The number of hydrogen-bond donors (Lipinski definition) is 2. The molecule has 0 spiro atoms. The summed E-state index contributed by atoms with van der Waals surface area (Å²) in [7, 11) is 3.48. The van der Waals surface area contributed by atoms with Gasteiger partial charge >= 0.3 is 0 Å². The average molecular weight is 549 g/mol. The van der Waals surface area contributed by atoms with E-state index in [0.717, 1.165) is 65.1 Å². The van der Waals surface area contributed by atoms with Gasteiger partial charge in [-0.3, -0.25) is 9.59 Å². The van der Waals surface area contributed by atoms with Crippen molar-refractivity contribution in [2.24, 2.45) is 5.92 Å². The predicted molar refractivity (Wildman–Crippen MR) is 156 cm³/mol. The van der Waals surface area contributed by atoms with E-state index in [4.69, 9.17) is 9.72 Å². The van der Waals surface area contributed by atoms with E-state index in [1.165, 1.54) is 11.8 Å². The van der Waals surface area contributed by atoms with Crippen molar-refractivity contribution in [1.82, 2.24) is 20.5 Å². The van der Waals surface area contributed by atoms with Gasteiger partial charge in [0.15, 0.2) is 0 Å². The summed E-state index contributed by atoms with van der Waals surface area (Å²) in [5.74, 6) is 0.0930. The van der Waals surface area contributed by atoms with Crippen LogP contribution in [0.1, 0.15) is 67.8 Å². The fourth-order valence-corrected chi connectivity index (χ4v) is 7.31. The minimum atomic E-state index is -0.495. The van der Waals surface area contributed by atoms with Crippen molar-refractivity contribution in [2.45, 2.75) is 76.6 Å². The van der Waals surface area contributed by atoms with Gasteiger partial charge in [0, 0.05) is 19.2 Å². The van der Waals surface area contributed by atoms with E-state index < -0.39 is 6.04 Å². The lowest BCUT2D eigenvalue weighted by Crippen LogP contribution is -2.55. The second kappa shape index (κ2) is 12.6. The number of ether oxygens (including phenoxy) is 1. The number of fused-ring (bicyclic) bond motifs is 1. The standard InChI is InChI=1S/C31H40N4O3S/c1-20(32-2)29(36)33-27(22-12-5-4-6-13-22)31(37)35-18-10-17-25(35)30-34-28(26(39-30)19-38-3)24-16-9-14-21-11-7-8-15-23(21)24/h7-9,11,14-16,20,22,25,27,32H,4-6,10,12-13,17-19H2,1-3H3,(H,33,36)/t20-,25-,27-/m0/s1. The first-order chi connectivity index (χ1) is 19.0. The first kappa shape index (κ1) is 27.7. The summed E-state index contributed by atoms with van der Waals surface area (Å²) in [5, 5.41) is 9.43. The molecule has 2 heterocycles. The molecule has 0 radical (unpaired) electrons. The van der Waals surface area contributed by atoms with Gasteiger partial charge in [-0.1, -0.05) is 61.7 Å². The lowest BCUT2D eigenvalue weighted by atomic mass is 9.83. The van der Waals surface area contributed by atoms with Crippen molar-refractivity contribution in [2.75, 3.05) is 20.7 Å². The molecule has 0 unspecified atom stereocenters. The van der Waals surface area contributed by atoms with Crippen LogP contribution in [-0.2, 0) is 20.9 Å². The molecule has 1 aromatic heterocycles. The molecule has 1 saturated heterocycles. The zero-order valence-corrected chi connectivity index (χ0v) is 24.1. The number of likely N-dealkylation sites (tertiary alicyclic amines) is 1. The number of hydrogen-bond acceptors (Lipinski definition) is 6. The van der Waals surface area contributed by atoms with Crippen molar-refractivity contribution in [3.63, 3.8) is 0 Å². The van der Waals surface area contributed by atoms with E-state index >= 15 is 0 Å². The van der Waals surface area contributed by atoms with E-state index in [1.54, 1.807) is 25.5 Å². The second-order valence-electron chi connectivity index (χ2n) is 10.9. The number of rotatable bonds is 9. The van der Waals surface area contributed by atoms with Gasteiger partial charge in [0.2, 0.25) is 11.8 Å². The Morgan fingerprint density at radius 2 is 1.85 bits per heavy atom. The quantitative estimate of drug-likeness (QED) is 0.372. The Morgan fingerprint density at radius 3 is 2.62 bits per heavy atom. The highest BCUT2D eigenvalue weighted by molar-refractivity contribution is 7.12. The largest absolute Gasteiger partial charge is 0.379 e. The molecule has 2 aliphatic rings. The van der Waals surface area contributed by atoms with Crippen LogP contribution in [0.25, 0.3) is 22.0 Å². The number of nitrogens with zero attached hydrogens (tertiary/aromatic N) is 2. The molecule has 2 amide bonds.